The van der Waals surface area contributed by atoms with Crippen LogP contribution in [0.25, 0.3) is 0 Å². The van der Waals surface area contributed by atoms with Crippen molar-refractivity contribution in [2.24, 2.45) is 0 Å². The van der Waals surface area contributed by atoms with E-state index in [-0.39, 0.29) is 5.56 Å². The van der Waals surface area contributed by atoms with Crippen LogP contribution in [0.1, 0.15) is 22.8 Å². The van der Waals surface area contributed by atoms with Gasteiger partial charge in [0.2, 0.25) is 0 Å². The van der Waals surface area contributed by atoms with Crippen molar-refractivity contribution in [1.82, 2.24) is 15.8 Å². The van der Waals surface area contributed by atoms with Gasteiger partial charge in [0, 0.05) is 11.6 Å². The molecule has 0 aromatic heterocycles. The summed E-state index contributed by atoms with van der Waals surface area (Å²) in [7, 11) is 0. The number of rotatable bonds is 3. The highest BCUT2D eigenvalue weighted by molar-refractivity contribution is 6.09. The van der Waals surface area contributed by atoms with Gasteiger partial charge < -0.3 is 5.32 Å². The molecule has 0 unspecified atom stereocenters. The van der Waals surface area contributed by atoms with Gasteiger partial charge in [-0.15, -0.1) is 0 Å². The van der Waals surface area contributed by atoms with Gasteiger partial charge >= 0.3 is 6.03 Å². The van der Waals surface area contributed by atoms with Gasteiger partial charge in [-0.3, -0.25) is 15.0 Å². The molecule has 128 valence electrons. The molecule has 8 heteroatoms. The smallest absolute Gasteiger partial charge is 0.318 e. The molecular formula is C17H13F2N3O3. The van der Waals surface area contributed by atoms with Gasteiger partial charge in [-0.25, -0.2) is 13.6 Å². The second-order valence-electron chi connectivity index (χ2n) is 5.66. The van der Waals surface area contributed by atoms with E-state index in [0.29, 0.717) is 16.6 Å². The fourth-order valence-electron chi connectivity index (χ4n) is 2.56. The van der Waals surface area contributed by atoms with Crippen molar-refractivity contribution in [3.63, 3.8) is 0 Å². The van der Waals surface area contributed by atoms with Gasteiger partial charge in [0.1, 0.15) is 17.2 Å². The third kappa shape index (κ3) is 2.93. The lowest BCUT2D eigenvalue weighted by Gasteiger charge is -2.22. The van der Waals surface area contributed by atoms with E-state index >= 15 is 0 Å². The maximum absolute atomic E-state index is 13.2. The van der Waals surface area contributed by atoms with E-state index in [1.54, 1.807) is 30.3 Å². The number of imide groups is 1. The van der Waals surface area contributed by atoms with Gasteiger partial charge in [0.15, 0.2) is 0 Å². The second kappa shape index (κ2) is 5.97. The molecule has 6 nitrogen and oxygen atoms in total. The van der Waals surface area contributed by atoms with Crippen LogP contribution in [-0.2, 0) is 10.3 Å². The minimum absolute atomic E-state index is 0.355. The van der Waals surface area contributed by atoms with Crippen LogP contribution >= 0.6 is 0 Å². The Kier molecular flexibility index (Phi) is 3.96. The first-order chi connectivity index (χ1) is 11.8. The fourth-order valence-corrected chi connectivity index (χ4v) is 2.56. The molecule has 1 aliphatic rings. The number of hydrogen-bond donors (Lipinski definition) is 2. The van der Waals surface area contributed by atoms with E-state index in [1.165, 1.54) is 6.92 Å². The fraction of sp³-hybridized carbons (Fsp3) is 0.118. The zero-order chi connectivity index (χ0) is 18.2. The third-order valence-corrected chi connectivity index (χ3v) is 3.88. The molecule has 2 aromatic rings. The van der Waals surface area contributed by atoms with E-state index < -0.39 is 35.0 Å². The van der Waals surface area contributed by atoms with Crippen LogP contribution in [0, 0.1) is 11.6 Å². The molecule has 0 bridgehead atoms. The first-order valence-corrected chi connectivity index (χ1v) is 7.30. The Labute approximate surface area is 141 Å². The molecule has 2 N–H and O–H groups in total. The van der Waals surface area contributed by atoms with Gasteiger partial charge in [0.25, 0.3) is 11.8 Å². The molecule has 0 radical (unpaired) electrons. The average Bonchev–Trinajstić information content (AvgIpc) is 2.79. The lowest BCUT2D eigenvalue weighted by molar-refractivity contribution is -0.132. The average molecular weight is 345 g/mol. The molecule has 0 aliphatic carbocycles. The minimum Gasteiger partial charge on any atom is -0.318 e. The maximum Gasteiger partial charge on any atom is 0.344 e. The van der Waals surface area contributed by atoms with Gasteiger partial charge in [0.05, 0.1) is 0 Å². The highest BCUT2D eigenvalue weighted by Crippen LogP contribution is 2.27. The minimum atomic E-state index is -1.36. The van der Waals surface area contributed by atoms with Crippen molar-refractivity contribution in [2.75, 3.05) is 0 Å². The van der Waals surface area contributed by atoms with Crippen LogP contribution in [0.5, 0.6) is 0 Å². The van der Waals surface area contributed by atoms with Crippen LogP contribution in [0.15, 0.2) is 48.5 Å². The second-order valence-corrected chi connectivity index (χ2v) is 5.66. The Bertz CT molecular complexity index is 852. The highest BCUT2D eigenvalue weighted by Gasteiger charge is 2.50. The van der Waals surface area contributed by atoms with Crippen LogP contribution in [0.3, 0.4) is 0 Å². The summed E-state index contributed by atoms with van der Waals surface area (Å²) in [5, 5.41) is 3.00. The van der Waals surface area contributed by atoms with Gasteiger partial charge in [-0.05, 0) is 24.6 Å². The van der Waals surface area contributed by atoms with Gasteiger partial charge in [-0.2, -0.15) is 5.01 Å². The number of hydrazine groups is 1. The molecule has 1 heterocycles. The number of halogens is 2. The first-order valence-electron chi connectivity index (χ1n) is 7.30. The number of nitrogens with zero attached hydrogens (tertiary/aromatic N) is 1. The molecule has 0 saturated carbocycles. The molecule has 1 saturated heterocycles. The van der Waals surface area contributed by atoms with Crippen molar-refractivity contribution in [3.05, 3.63) is 71.3 Å². The Morgan fingerprint density at radius 2 is 1.68 bits per heavy atom. The summed E-state index contributed by atoms with van der Waals surface area (Å²) >= 11 is 0. The molecule has 0 spiro atoms. The molecule has 25 heavy (non-hydrogen) atoms. The van der Waals surface area contributed by atoms with Crippen LogP contribution in [-0.4, -0.2) is 22.9 Å². The van der Waals surface area contributed by atoms with E-state index in [1.807, 2.05) is 0 Å². The normalized spacial score (nSPS) is 19.7. The number of nitrogens with one attached hydrogen (secondary N) is 2. The SMILES string of the molecule is C[C@]1(c2ccccc2)NC(=O)N(NC(=O)c2cc(F)cc(F)c2)C1=O. The molecule has 1 aliphatic heterocycles. The lowest BCUT2D eigenvalue weighted by Crippen LogP contribution is -2.47. The Morgan fingerprint density at radius 3 is 2.28 bits per heavy atom. The Balaban J connectivity index is 1.85. The first kappa shape index (κ1) is 16.6. The quantitative estimate of drug-likeness (QED) is 0.836. The van der Waals surface area contributed by atoms with Crippen LogP contribution < -0.4 is 10.7 Å². The number of amides is 4. The Morgan fingerprint density at radius 1 is 1.08 bits per heavy atom. The summed E-state index contributed by atoms with van der Waals surface area (Å²) in [5.74, 6) is -3.60. The van der Waals surface area contributed by atoms with E-state index in [2.05, 4.69) is 10.7 Å². The number of carbonyl (C=O) groups excluding carboxylic acids is 3. The molecule has 4 amide bonds. The van der Waals surface area contributed by atoms with E-state index in [4.69, 9.17) is 0 Å². The monoisotopic (exact) mass is 345 g/mol. The van der Waals surface area contributed by atoms with Crippen molar-refractivity contribution >= 4 is 17.8 Å². The summed E-state index contributed by atoms with van der Waals surface area (Å²) in [6.45, 7) is 1.50. The Hall–Kier alpha value is -3.29. The number of urea groups is 1. The lowest BCUT2D eigenvalue weighted by atomic mass is 9.92. The zero-order valence-corrected chi connectivity index (χ0v) is 13.0. The number of benzene rings is 2. The van der Waals surface area contributed by atoms with Crippen LogP contribution in [0.2, 0.25) is 0 Å². The number of hydrogen-bond acceptors (Lipinski definition) is 3. The predicted molar refractivity (Wildman–Crippen MR) is 83.0 cm³/mol. The summed E-state index contributed by atoms with van der Waals surface area (Å²) in [6, 6.07) is 9.84. The summed E-state index contributed by atoms with van der Waals surface area (Å²) < 4.78 is 26.4. The molecule has 1 fully saturated rings. The summed E-state index contributed by atoms with van der Waals surface area (Å²) in [4.78, 5) is 36.8. The molecule has 1 atom stereocenters. The summed E-state index contributed by atoms with van der Waals surface area (Å²) in [6.07, 6.45) is 0. The molecule has 3 rings (SSSR count). The maximum atomic E-state index is 13.2. The highest BCUT2D eigenvalue weighted by atomic mass is 19.1. The third-order valence-electron chi connectivity index (χ3n) is 3.88. The van der Waals surface area contributed by atoms with Crippen molar-refractivity contribution in [1.29, 1.82) is 0 Å². The molecule has 2 aromatic carbocycles. The van der Waals surface area contributed by atoms with Gasteiger partial charge in [-0.1, -0.05) is 30.3 Å². The largest absolute Gasteiger partial charge is 0.344 e. The predicted octanol–water partition coefficient (Wildman–Crippen LogP) is 2.08. The van der Waals surface area contributed by atoms with Crippen molar-refractivity contribution in [2.45, 2.75) is 12.5 Å². The van der Waals surface area contributed by atoms with E-state index in [9.17, 15) is 23.2 Å². The van der Waals surface area contributed by atoms with E-state index in [0.717, 1.165) is 12.1 Å². The van der Waals surface area contributed by atoms with Crippen LogP contribution in [0.4, 0.5) is 13.6 Å². The summed E-state index contributed by atoms with van der Waals surface area (Å²) in [5.41, 5.74) is 0.886. The topological polar surface area (TPSA) is 78.5 Å². The van der Waals surface area contributed by atoms with Crippen molar-refractivity contribution in [3.8, 4) is 0 Å². The number of carbonyl (C=O) groups is 3. The van der Waals surface area contributed by atoms with Crippen molar-refractivity contribution < 1.29 is 23.2 Å². The zero-order valence-electron chi connectivity index (χ0n) is 13.0. The standard InChI is InChI=1S/C17H13F2N3O3/c1-17(11-5-3-2-4-6-11)15(24)22(16(25)20-17)21-14(23)10-7-12(18)9-13(19)8-10/h2-9H,1H3,(H,20,25)(H,21,23)/t17-/m1/s1. The molecular weight excluding hydrogens is 332 g/mol.